The zero-order valence-corrected chi connectivity index (χ0v) is 29.7. The predicted octanol–water partition coefficient (Wildman–Crippen LogP) is 5.28. The number of carbonyl (C=O) groups is 4. The Kier molecular flexibility index (Phi) is 12.1. The number of ether oxygens (including phenoxy) is 6. The molecule has 1 heterocycles. The second-order valence-electron chi connectivity index (χ2n) is 11.5. The number of hydrogen-bond donors (Lipinski definition) is 0. The third-order valence-corrected chi connectivity index (χ3v) is 10.5. The third-order valence-electron chi connectivity index (χ3n) is 8.05. The molecule has 52 heavy (non-hydrogen) atoms. The van der Waals surface area contributed by atoms with Crippen molar-refractivity contribution < 1.29 is 47.6 Å². The van der Waals surface area contributed by atoms with E-state index in [1.165, 1.54) is 0 Å². The Morgan fingerprint density at radius 3 is 1.37 bits per heavy atom. The molecule has 5 atom stereocenters. The molecule has 6 rings (SSSR count). The van der Waals surface area contributed by atoms with Gasteiger partial charge in [0.2, 0.25) is 0 Å². The van der Waals surface area contributed by atoms with Crippen molar-refractivity contribution in [3.8, 4) is 5.75 Å². The van der Waals surface area contributed by atoms with E-state index in [9.17, 15) is 19.2 Å². The summed E-state index contributed by atoms with van der Waals surface area (Å²) in [5, 5.41) is -0.908. The summed E-state index contributed by atoms with van der Waals surface area (Å²) in [6, 6.07) is 40.6. The van der Waals surface area contributed by atoms with Crippen LogP contribution in [0.1, 0.15) is 41.4 Å². The van der Waals surface area contributed by atoms with E-state index >= 15 is 0 Å². The van der Waals surface area contributed by atoms with Crippen LogP contribution in [0, 0.1) is 0 Å². The molecule has 1 aliphatic rings. The van der Waals surface area contributed by atoms with Crippen LogP contribution in [-0.2, 0) is 23.7 Å². The summed E-state index contributed by atoms with van der Waals surface area (Å²) in [5.74, 6) is -2.19. The average Bonchev–Trinajstić information content (AvgIpc) is 3.20. The molecule has 0 N–H and O–H groups in total. The Morgan fingerprint density at radius 2 is 0.923 bits per heavy atom. The van der Waals surface area contributed by atoms with Crippen LogP contribution in [-0.4, -0.2) is 82.0 Å². The number of benzene rings is 5. The topological polar surface area (TPSA) is 124 Å². The molecule has 10 nitrogen and oxygen atoms in total. The van der Waals surface area contributed by atoms with Crippen LogP contribution in [0.4, 0.5) is 0 Å². The molecule has 0 unspecified atom stereocenters. The maximum absolute atomic E-state index is 13.8. The first kappa shape index (κ1) is 36.1. The maximum atomic E-state index is 13.8. The van der Waals surface area contributed by atoms with Crippen molar-refractivity contribution in [1.29, 1.82) is 0 Å². The standard InChI is InChI=1S/C41H34O10Se/c1-46-31-22-24-32(25-23-31)52-41-36(51-40(45)30-20-12-5-13-21-30)35(50-39(44)29-18-10-4-11-19-29)34(49-38(43)28-16-8-3-9-17-28)33(48-41)26-47-37(42)27-14-6-2-7-15-27/h2-25,33-36,41H,26H2,1H3/t33-,34-,35+,36-,41+/m1/s1. The Hall–Kier alpha value is -5.74. The molecular weight excluding hydrogens is 731 g/mol. The van der Waals surface area contributed by atoms with E-state index in [0.717, 1.165) is 4.46 Å². The zero-order chi connectivity index (χ0) is 36.3. The number of rotatable bonds is 12. The van der Waals surface area contributed by atoms with E-state index in [-0.39, 0.29) is 23.3 Å². The van der Waals surface area contributed by atoms with Crippen LogP contribution in [0.2, 0.25) is 0 Å². The summed E-state index contributed by atoms with van der Waals surface area (Å²) >= 11 is -0.596. The first-order chi connectivity index (χ1) is 25.4. The van der Waals surface area contributed by atoms with Gasteiger partial charge in [0.25, 0.3) is 0 Å². The molecule has 1 saturated heterocycles. The van der Waals surface area contributed by atoms with Gasteiger partial charge >= 0.3 is 308 Å². The Balaban J connectivity index is 1.41. The van der Waals surface area contributed by atoms with E-state index in [4.69, 9.17) is 28.4 Å². The fourth-order valence-electron chi connectivity index (χ4n) is 5.41. The molecule has 0 aliphatic carbocycles. The van der Waals surface area contributed by atoms with Crippen molar-refractivity contribution in [2.45, 2.75) is 29.4 Å². The number of esters is 4. The molecule has 264 valence electrons. The van der Waals surface area contributed by atoms with E-state index in [1.54, 1.807) is 141 Å². The van der Waals surface area contributed by atoms with E-state index in [1.807, 2.05) is 12.1 Å². The normalized spacial score (nSPS) is 19.4. The van der Waals surface area contributed by atoms with Gasteiger partial charge in [-0.25, -0.2) is 0 Å². The molecule has 0 bridgehead atoms. The van der Waals surface area contributed by atoms with Crippen LogP contribution in [0.15, 0.2) is 146 Å². The zero-order valence-electron chi connectivity index (χ0n) is 27.9. The second-order valence-corrected chi connectivity index (χ2v) is 14.0. The van der Waals surface area contributed by atoms with Gasteiger partial charge in [-0.2, -0.15) is 0 Å². The van der Waals surface area contributed by atoms with Crippen molar-refractivity contribution in [1.82, 2.24) is 0 Å². The Bertz CT molecular complexity index is 1940. The van der Waals surface area contributed by atoms with Gasteiger partial charge < -0.3 is 0 Å². The quantitative estimate of drug-likeness (QED) is 0.0942. The molecular formula is C41H34O10Se. The molecule has 0 spiro atoms. The van der Waals surface area contributed by atoms with Gasteiger partial charge in [-0.1, -0.05) is 0 Å². The van der Waals surface area contributed by atoms with E-state index in [0.29, 0.717) is 11.3 Å². The SMILES string of the molecule is COc1ccc([Se][C@@H]2O[C@H](COC(=O)c3ccccc3)[C@@H](OC(=O)c3ccccc3)[C@H](OC(=O)c3ccccc3)[C@H]2OC(=O)c2ccccc2)cc1. The van der Waals surface area contributed by atoms with Gasteiger partial charge in [-0.05, 0) is 0 Å². The average molecular weight is 766 g/mol. The molecule has 11 heteroatoms. The van der Waals surface area contributed by atoms with Gasteiger partial charge in [-0.3, -0.25) is 0 Å². The predicted molar refractivity (Wildman–Crippen MR) is 191 cm³/mol. The van der Waals surface area contributed by atoms with Crippen LogP contribution in [0.25, 0.3) is 0 Å². The van der Waals surface area contributed by atoms with Crippen molar-refractivity contribution in [2.24, 2.45) is 0 Å². The monoisotopic (exact) mass is 766 g/mol. The minimum atomic E-state index is -1.40. The van der Waals surface area contributed by atoms with E-state index < -0.39 is 68.3 Å². The molecule has 5 aromatic carbocycles. The van der Waals surface area contributed by atoms with Crippen molar-refractivity contribution in [2.75, 3.05) is 13.7 Å². The number of hydrogen-bond acceptors (Lipinski definition) is 10. The van der Waals surface area contributed by atoms with Crippen LogP contribution >= 0.6 is 0 Å². The van der Waals surface area contributed by atoms with Gasteiger partial charge in [0.05, 0.1) is 0 Å². The number of methoxy groups -OCH3 is 1. The Labute approximate surface area is 306 Å². The van der Waals surface area contributed by atoms with Gasteiger partial charge in [0, 0.05) is 0 Å². The summed E-state index contributed by atoms with van der Waals surface area (Å²) < 4.78 is 37.0. The first-order valence-electron chi connectivity index (χ1n) is 16.4. The van der Waals surface area contributed by atoms with Gasteiger partial charge in [-0.15, -0.1) is 0 Å². The number of carbonyl (C=O) groups excluding carboxylic acids is 4. The van der Waals surface area contributed by atoms with Crippen molar-refractivity contribution in [3.63, 3.8) is 0 Å². The van der Waals surface area contributed by atoms with Crippen molar-refractivity contribution in [3.05, 3.63) is 168 Å². The molecule has 1 aliphatic heterocycles. The van der Waals surface area contributed by atoms with Gasteiger partial charge in [0.1, 0.15) is 0 Å². The summed E-state index contributed by atoms with van der Waals surface area (Å²) in [6.07, 6.45) is -5.20. The minimum absolute atomic E-state index is 0.220. The second kappa shape index (κ2) is 17.5. The molecule has 0 saturated carbocycles. The fourth-order valence-corrected chi connectivity index (χ4v) is 7.73. The molecule has 1 fully saturated rings. The molecule has 0 radical (unpaired) electrons. The molecule has 5 aromatic rings. The first-order valence-corrected chi connectivity index (χ1v) is 18.2. The summed E-state index contributed by atoms with van der Waals surface area (Å²) in [7, 11) is 1.56. The summed E-state index contributed by atoms with van der Waals surface area (Å²) in [5.41, 5.74) is 0.998. The van der Waals surface area contributed by atoms with Crippen LogP contribution in [0.5, 0.6) is 5.75 Å². The van der Waals surface area contributed by atoms with E-state index in [2.05, 4.69) is 0 Å². The third kappa shape index (κ3) is 9.13. The van der Waals surface area contributed by atoms with Crippen LogP contribution in [0.3, 0.4) is 0 Å². The fraction of sp³-hybridized carbons (Fsp3) is 0.171. The van der Waals surface area contributed by atoms with Gasteiger partial charge in [0.15, 0.2) is 0 Å². The molecule has 0 aromatic heterocycles. The summed E-state index contributed by atoms with van der Waals surface area (Å²) in [4.78, 5) is 54.3. The summed E-state index contributed by atoms with van der Waals surface area (Å²) in [6.45, 7) is -0.381. The van der Waals surface area contributed by atoms with Crippen LogP contribution < -0.4 is 9.20 Å². The Morgan fingerprint density at radius 1 is 0.519 bits per heavy atom. The molecule has 0 amide bonds. The van der Waals surface area contributed by atoms with Crippen molar-refractivity contribution >= 4 is 43.3 Å².